The number of hydrogen-bond acceptors (Lipinski definition) is 7. The van der Waals surface area contributed by atoms with E-state index in [1.807, 2.05) is 0 Å². The molecule has 3 rings (SSSR count). The van der Waals surface area contributed by atoms with Gasteiger partial charge in [-0.2, -0.15) is 4.73 Å². The van der Waals surface area contributed by atoms with Crippen LogP contribution < -0.4 is 9.47 Å². The van der Waals surface area contributed by atoms with Gasteiger partial charge < -0.3 is 35.1 Å². The largest absolute Gasteiger partial charge is 0.618 e. The summed E-state index contributed by atoms with van der Waals surface area (Å²) in [6.07, 6.45) is 0.735. The number of aryl methyl sites for hydroxylation is 1. The van der Waals surface area contributed by atoms with Crippen LogP contribution in [0.15, 0.2) is 36.5 Å². The Labute approximate surface area is 165 Å². The van der Waals surface area contributed by atoms with Crippen molar-refractivity contribution in [1.82, 2.24) is 4.90 Å². The average Bonchev–Trinajstić information content (AvgIpc) is 2.63. The van der Waals surface area contributed by atoms with Gasteiger partial charge in [0.1, 0.15) is 23.2 Å². The highest BCUT2D eigenvalue weighted by molar-refractivity contribution is 6.41. The van der Waals surface area contributed by atoms with Crippen LogP contribution in [-0.2, 0) is 6.42 Å². The zero-order chi connectivity index (χ0) is 21.1. The number of hydrogen-bond donors (Lipinski definition) is 4. The lowest BCUT2D eigenvalue weighted by molar-refractivity contribution is -0.608. The van der Waals surface area contributed by atoms with Crippen molar-refractivity contribution in [3.05, 3.63) is 58.6 Å². The van der Waals surface area contributed by atoms with E-state index in [1.165, 1.54) is 35.4 Å². The van der Waals surface area contributed by atoms with Gasteiger partial charge in [0.2, 0.25) is 0 Å². The molecule has 152 valence electrons. The highest BCUT2D eigenvalue weighted by Crippen LogP contribution is 2.34. The predicted molar refractivity (Wildman–Crippen MR) is 99.5 cm³/mol. The Morgan fingerprint density at radius 2 is 1.97 bits per heavy atom. The number of carboxylic acid groups (broad SMARTS) is 1. The van der Waals surface area contributed by atoms with Crippen LogP contribution in [0.25, 0.3) is 0 Å². The molecule has 0 spiro atoms. The minimum absolute atomic E-state index is 0.0229. The number of likely N-dealkylation sites (tertiary alicyclic amines) is 1. The van der Waals surface area contributed by atoms with Gasteiger partial charge in [0.05, 0.1) is 13.1 Å². The molecule has 1 aromatic heterocycles. The summed E-state index contributed by atoms with van der Waals surface area (Å²) in [7, 11) is -1.57. The third kappa shape index (κ3) is 4.41. The monoisotopic (exact) mass is 402 g/mol. The van der Waals surface area contributed by atoms with E-state index in [1.54, 1.807) is 6.07 Å². The molecule has 1 aromatic carbocycles. The third-order valence-corrected chi connectivity index (χ3v) is 4.58. The standard InChI is InChI=1S/C18H19BN2O8/c22-16-11(6-7-19(26)27)4-5-14(15(16)18(24)25)29-12-9-20(10-12)17(23)13-3-1-2-8-21(13)28/h1-5,8,12,22,26-27H,6-7,9-10H2,(H,24,25). The van der Waals surface area contributed by atoms with Crippen molar-refractivity contribution in [2.45, 2.75) is 18.8 Å². The highest BCUT2D eigenvalue weighted by Gasteiger charge is 2.36. The van der Waals surface area contributed by atoms with Crippen LogP contribution >= 0.6 is 0 Å². The quantitative estimate of drug-likeness (QED) is 0.278. The van der Waals surface area contributed by atoms with E-state index in [2.05, 4.69) is 0 Å². The molecule has 2 aromatic rings. The Hall–Kier alpha value is -3.31. The molecule has 1 aliphatic heterocycles. The molecule has 1 fully saturated rings. The molecular weight excluding hydrogens is 383 g/mol. The first-order chi connectivity index (χ1) is 13.8. The van der Waals surface area contributed by atoms with Crippen LogP contribution in [-0.4, -0.2) is 63.3 Å². The number of aromatic carboxylic acids is 1. The number of amides is 1. The number of carbonyl (C=O) groups is 2. The van der Waals surface area contributed by atoms with E-state index in [9.17, 15) is 25.0 Å². The highest BCUT2D eigenvalue weighted by atomic mass is 16.5. The Morgan fingerprint density at radius 1 is 1.24 bits per heavy atom. The third-order valence-electron chi connectivity index (χ3n) is 4.58. The van der Waals surface area contributed by atoms with Gasteiger partial charge in [-0.3, -0.25) is 4.79 Å². The van der Waals surface area contributed by atoms with Crippen LogP contribution in [0, 0.1) is 5.21 Å². The zero-order valence-electron chi connectivity index (χ0n) is 15.3. The van der Waals surface area contributed by atoms with Crippen LogP contribution in [0.2, 0.25) is 6.32 Å². The number of nitrogens with zero attached hydrogens (tertiary/aromatic N) is 2. The molecule has 0 aliphatic carbocycles. The summed E-state index contributed by atoms with van der Waals surface area (Å²) < 4.78 is 6.10. The van der Waals surface area contributed by atoms with Gasteiger partial charge in [-0.25, -0.2) is 4.79 Å². The second-order valence-electron chi connectivity index (χ2n) is 6.63. The van der Waals surface area contributed by atoms with E-state index in [0.29, 0.717) is 4.73 Å². The lowest BCUT2D eigenvalue weighted by Gasteiger charge is -2.38. The summed E-state index contributed by atoms with van der Waals surface area (Å²) in [5, 5.41) is 49.2. The smallest absolute Gasteiger partial charge is 0.451 e. The fourth-order valence-corrected chi connectivity index (χ4v) is 3.02. The van der Waals surface area contributed by atoms with E-state index >= 15 is 0 Å². The van der Waals surface area contributed by atoms with Crippen molar-refractivity contribution in [2.24, 2.45) is 0 Å². The van der Waals surface area contributed by atoms with Gasteiger partial charge in [0.15, 0.2) is 6.20 Å². The normalized spacial score (nSPS) is 13.7. The molecular formula is C18H19BN2O8. The molecule has 10 nitrogen and oxygen atoms in total. The molecule has 1 saturated heterocycles. The van der Waals surface area contributed by atoms with Crippen LogP contribution in [0.3, 0.4) is 0 Å². The SMILES string of the molecule is O=C(O)c1c(OC2CN(C(=O)c3cccc[n+]3[O-])C2)ccc(CCB(O)O)c1O. The Kier molecular flexibility index (Phi) is 5.90. The number of phenols is 1. The van der Waals surface area contributed by atoms with Crippen LogP contribution in [0.4, 0.5) is 0 Å². The molecule has 4 N–H and O–H groups in total. The van der Waals surface area contributed by atoms with Gasteiger partial charge in [-0.05, 0) is 30.4 Å². The van der Waals surface area contributed by atoms with Crippen molar-refractivity contribution in [2.75, 3.05) is 13.1 Å². The van der Waals surface area contributed by atoms with Crippen molar-refractivity contribution >= 4 is 19.0 Å². The summed E-state index contributed by atoms with van der Waals surface area (Å²) in [4.78, 5) is 25.3. The number of pyridine rings is 1. The summed E-state index contributed by atoms with van der Waals surface area (Å²) in [5.41, 5.74) is -0.206. The number of carboxylic acids is 1. The molecule has 0 bridgehead atoms. The Morgan fingerprint density at radius 3 is 2.59 bits per heavy atom. The molecule has 0 radical (unpaired) electrons. The van der Waals surface area contributed by atoms with Crippen molar-refractivity contribution in [1.29, 1.82) is 0 Å². The first-order valence-electron chi connectivity index (χ1n) is 8.86. The van der Waals surface area contributed by atoms with E-state index < -0.39 is 36.4 Å². The van der Waals surface area contributed by atoms with Gasteiger partial charge >= 0.3 is 19.0 Å². The molecule has 11 heteroatoms. The van der Waals surface area contributed by atoms with Crippen LogP contribution in [0.5, 0.6) is 11.5 Å². The average molecular weight is 402 g/mol. The summed E-state index contributed by atoms with van der Waals surface area (Å²) in [5.74, 6) is -2.41. The lowest BCUT2D eigenvalue weighted by Crippen LogP contribution is -2.58. The molecule has 29 heavy (non-hydrogen) atoms. The molecule has 1 aliphatic rings. The van der Waals surface area contributed by atoms with Gasteiger partial charge in [0, 0.05) is 12.1 Å². The fourth-order valence-electron chi connectivity index (χ4n) is 3.02. The van der Waals surface area contributed by atoms with Crippen molar-refractivity contribution in [3.63, 3.8) is 0 Å². The Balaban J connectivity index is 1.68. The van der Waals surface area contributed by atoms with E-state index in [-0.39, 0.29) is 42.8 Å². The summed E-state index contributed by atoms with van der Waals surface area (Å²) in [6, 6.07) is 7.33. The van der Waals surface area contributed by atoms with E-state index in [0.717, 1.165) is 0 Å². The number of ether oxygens (including phenoxy) is 1. The molecule has 1 amide bonds. The van der Waals surface area contributed by atoms with Gasteiger partial charge in [-0.1, -0.05) is 6.07 Å². The molecule has 0 unspecified atom stereocenters. The minimum Gasteiger partial charge on any atom is -0.618 e. The second-order valence-corrected chi connectivity index (χ2v) is 6.63. The first-order valence-corrected chi connectivity index (χ1v) is 8.86. The maximum Gasteiger partial charge on any atom is 0.451 e. The second kappa shape index (κ2) is 8.37. The number of benzene rings is 1. The molecule has 0 atom stereocenters. The topological polar surface area (TPSA) is 154 Å². The number of aromatic hydroxyl groups is 1. The zero-order valence-corrected chi connectivity index (χ0v) is 15.3. The number of carbonyl (C=O) groups excluding carboxylic acids is 1. The van der Waals surface area contributed by atoms with Crippen molar-refractivity contribution in [3.8, 4) is 11.5 Å². The molecule has 2 heterocycles. The van der Waals surface area contributed by atoms with E-state index in [4.69, 9.17) is 14.8 Å². The maximum absolute atomic E-state index is 12.3. The number of rotatable bonds is 7. The lowest BCUT2D eigenvalue weighted by atomic mass is 9.82. The minimum atomic E-state index is -1.57. The van der Waals surface area contributed by atoms with Gasteiger partial charge in [0.25, 0.3) is 5.69 Å². The summed E-state index contributed by atoms with van der Waals surface area (Å²) >= 11 is 0. The fraction of sp³-hybridized carbons (Fsp3) is 0.278. The van der Waals surface area contributed by atoms with Gasteiger partial charge in [-0.15, -0.1) is 0 Å². The first kappa shape index (κ1) is 20.4. The number of aromatic nitrogens is 1. The van der Waals surface area contributed by atoms with Crippen LogP contribution in [0.1, 0.15) is 26.4 Å². The maximum atomic E-state index is 12.3. The molecule has 0 saturated carbocycles. The summed E-state index contributed by atoms with van der Waals surface area (Å²) in [6.45, 7) is 0.317. The predicted octanol–water partition coefficient (Wildman–Crippen LogP) is -0.357. The van der Waals surface area contributed by atoms with Crippen molar-refractivity contribution < 1.29 is 39.3 Å². The Bertz CT molecular complexity index is 930.